The number of carbonyl (C=O) groups is 1. The average molecular weight is 498 g/mol. The monoisotopic (exact) mass is 497 g/mol. The van der Waals surface area contributed by atoms with E-state index in [0.29, 0.717) is 35.2 Å². The zero-order valence-electron chi connectivity index (χ0n) is 19.8. The van der Waals surface area contributed by atoms with Crippen LogP contribution in [0.1, 0.15) is 29.6 Å². The molecule has 1 aromatic carbocycles. The van der Waals surface area contributed by atoms with Crippen molar-refractivity contribution in [2.45, 2.75) is 19.3 Å². The molecule has 0 aliphatic carbocycles. The summed E-state index contributed by atoms with van der Waals surface area (Å²) in [6, 6.07) is 10.3. The Bertz CT molecular complexity index is 1230. The van der Waals surface area contributed by atoms with Crippen molar-refractivity contribution in [2.75, 3.05) is 58.9 Å². The zero-order valence-corrected chi connectivity index (χ0v) is 20.6. The number of likely N-dealkylation sites (N-methyl/N-ethyl adjacent to an activating group) is 1. The summed E-state index contributed by atoms with van der Waals surface area (Å²) >= 11 is 0. The van der Waals surface area contributed by atoms with E-state index in [9.17, 15) is 13.2 Å². The molecule has 2 aromatic rings. The molecule has 4 heterocycles. The molecule has 5 rings (SSSR count). The van der Waals surface area contributed by atoms with Crippen molar-refractivity contribution in [3.63, 3.8) is 0 Å². The second-order valence-electron chi connectivity index (χ2n) is 8.83. The molecule has 1 amide bonds. The van der Waals surface area contributed by atoms with E-state index in [1.54, 1.807) is 24.3 Å². The number of piperidine rings is 1. The number of hydrogen-bond acceptors (Lipinski definition) is 7. The van der Waals surface area contributed by atoms with Gasteiger partial charge in [-0.25, -0.2) is 13.4 Å². The van der Waals surface area contributed by atoms with Gasteiger partial charge < -0.3 is 20.2 Å². The highest BCUT2D eigenvalue weighted by molar-refractivity contribution is 7.92. The van der Waals surface area contributed by atoms with Crippen LogP contribution in [-0.4, -0.2) is 63.5 Å². The Hall–Kier alpha value is -3.33. The number of nitrogens with one attached hydrogen (secondary N) is 2. The Labute approximate surface area is 206 Å². The molecule has 10 heteroatoms. The van der Waals surface area contributed by atoms with Gasteiger partial charge in [-0.1, -0.05) is 6.07 Å². The second kappa shape index (κ2) is 10.9. The lowest BCUT2D eigenvalue weighted by Crippen LogP contribution is -2.35. The van der Waals surface area contributed by atoms with Gasteiger partial charge in [0.1, 0.15) is 11.6 Å². The van der Waals surface area contributed by atoms with Crippen molar-refractivity contribution in [1.82, 2.24) is 4.98 Å². The summed E-state index contributed by atoms with van der Waals surface area (Å²) in [6.07, 6.45) is 6.93. The minimum Gasteiger partial charge on any atom is -0.395 e. The van der Waals surface area contributed by atoms with Crippen LogP contribution < -0.4 is 19.8 Å². The van der Waals surface area contributed by atoms with Crippen LogP contribution in [0.3, 0.4) is 0 Å². The first-order valence-electron chi connectivity index (χ1n) is 11.7. The number of carbonyl (C=O) groups excluding carboxylic acids is 1. The summed E-state index contributed by atoms with van der Waals surface area (Å²) in [5.41, 5.74) is 4.74. The van der Waals surface area contributed by atoms with Crippen molar-refractivity contribution < 1.29 is 18.3 Å². The SMILES string of the molecule is CN1CC=C=CCC2CCN(CC2)c2cc(NS(=O)(=O)CCO)ccc2C(=O)Nc2cccc1n2. The van der Waals surface area contributed by atoms with Crippen LogP contribution in [0.15, 0.2) is 54.3 Å². The van der Waals surface area contributed by atoms with Crippen LogP contribution >= 0.6 is 0 Å². The highest BCUT2D eigenvalue weighted by Crippen LogP contribution is 2.31. The molecule has 0 unspecified atom stereocenters. The number of aliphatic hydroxyl groups is 1. The van der Waals surface area contributed by atoms with E-state index in [1.165, 1.54) is 0 Å². The molecular formula is C25H31N5O4S. The first kappa shape index (κ1) is 24.8. The standard InChI is InChI=1S/C25H31N5O4S/c1-29-13-4-2-3-6-19-11-14-30(15-12-19)22-18-20(28-35(33,34)17-16-31)9-10-21(22)25(32)27-23-7-5-8-24(29)26-23/h3-5,7-10,18-19,28,31H,6,11-17H2,1H3,(H,26,27,32). The van der Waals surface area contributed by atoms with Gasteiger partial charge in [0.15, 0.2) is 0 Å². The molecule has 1 fully saturated rings. The number of amides is 1. The van der Waals surface area contributed by atoms with Gasteiger partial charge in [-0.2, -0.15) is 0 Å². The first-order valence-corrected chi connectivity index (χ1v) is 13.4. The number of benzene rings is 1. The molecule has 1 saturated heterocycles. The molecule has 0 saturated carbocycles. The molecule has 0 spiro atoms. The van der Waals surface area contributed by atoms with Gasteiger partial charge in [0.25, 0.3) is 5.91 Å². The maximum absolute atomic E-state index is 13.3. The topological polar surface area (TPSA) is 115 Å². The number of pyridine rings is 1. The van der Waals surface area contributed by atoms with Crippen molar-refractivity contribution in [3.8, 4) is 0 Å². The maximum Gasteiger partial charge on any atom is 0.258 e. The number of aliphatic hydroxyl groups excluding tert-OH is 1. The van der Waals surface area contributed by atoms with Gasteiger partial charge in [0.05, 0.1) is 29.3 Å². The fourth-order valence-corrected chi connectivity index (χ4v) is 5.13. The normalized spacial score (nSPS) is 17.1. The summed E-state index contributed by atoms with van der Waals surface area (Å²) in [5, 5.41) is 11.9. The third kappa shape index (κ3) is 6.42. The van der Waals surface area contributed by atoms with Gasteiger partial charge in [-0.3, -0.25) is 9.52 Å². The Morgan fingerprint density at radius 1 is 1.20 bits per heavy atom. The number of hydrogen-bond donors (Lipinski definition) is 3. The Morgan fingerprint density at radius 3 is 2.77 bits per heavy atom. The second-order valence-corrected chi connectivity index (χ2v) is 10.7. The van der Waals surface area contributed by atoms with E-state index in [1.807, 2.05) is 30.2 Å². The molecular weight excluding hydrogens is 466 g/mol. The van der Waals surface area contributed by atoms with E-state index in [4.69, 9.17) is 5.11 Å². The number of aromatic nitrogens is 1. The molecule has 3 aliphatic rings. The zero-order chi connectivity index (χ0) is 24.8. The van der Waals surface area contributed by atoms with Crippen LogP contribution in [0, 0.1) is 5.92 Å². The molecule has 9 nitrogen and oxygen atoms in total. The van der Waals surface area contributed by atoms with Crippen molar-refractivity contribution in [2.24, 2.45) is 5.92 Å². The van der Waals surface area contributed by atoms with Crippen molar-refractivity contribution >= 4 is 38.9 Å². The van der Waals surface area contributed by atoms with Crippen LogP contribution in [0.5, 0.6) is 0 Å². The van der Waals surface area contributed by atoms with E-state index in [2.05, 4.69) is 31.7 Å². The summed E-state index contributed by atoms with van der Waals surface area (Å²) in [4.78, 5) is 22.0. The Balaban J connectivity index is 1.71. The average Bonchev–Trinajstić information content (AvgIpc) is 2.83. The smallest absolute Gasteiger partial charge is 0.258 e. The molecule has 4 bridgehead atoms. The number of fused-ring (bicyclic) bond motifs is 6. The van der Waals surface area contributed by atoms with Crippen LogP contribution in [-0.2, 0) is 10.0 Å². The highest BCUT2D eigenvalue weighted by Gasteiger charge is 2.24. The van der Waals surface area contributed by atoms with Gasteiger partial charge in [0.2, 0.25) is 10.0 Å². The van der Waals surface area contributed by atoms with E-state index in [-0.39, 0.29) is 5.91 Å². The fraction of sp³-hybridized carbons (Fsp3) is 0.400. The number of rotatable bonds is 4. The van der Waals surface area contributed by atoms with E-state index >= 15 is 0 Å². The Kier molecular flexibility index (Phi) is 7.75. The lowest BCUT2D eigenvalue weighted by Gasteiger charge is -2.34. The predicted molar refractivity (Wildman–Crippen MR) is 139 cm³/mol. The number of anilines is 4. The molecule has 35 heavy (non-hydrogen) atoms. The largest absolute Gasteiger partial charge is 0.395 e. The quantitative estimate of drug-likeness (QED) is 0.557. The lowest BCUT2D eigenvalue weighted by atomic mass is 9.92. The highest BCUT2D eigenvalue weighted by atomic mass is 32.2. The summed E-state index contributed by atoms with van der Waals surface area (Å²) in [5.74, 6) is 0.975. The molecule has 186 valence electrons. The number of sulfonamides is 1. The third-order valence-electron chi connectivity index (χ3n) is 6.25. The van der Waals surface area contributed by atoms with Gasteiger partial charge in [-0.15, -0.1) is 5.73 Å². The van der Waals surface area contributed by atoms with Crippen LogP contribution in [0.4, 0.5) is 23.0 Å². The summed E-state index contributed by atoms with van der Waals surface area (Å²) in [6.45, 7) is 1.69. The predicted octanol–water partition coefficient (Wildman–Crippen LogP) is 2.84. The summed E-state index contributed by atoms with van der Waals surface area (Å²) < 4.78 is 26.9. The minimum atomic E-state index is -3.69. The molecule has 0 radical (unpaired) electrons. The van der Waals surface area contributed by atoms with Gasteiger partial charge in [-0.05, 0) is 67.7 Å². The third-order valence-corrected chi connectivity index (χ3v) is 7.52. The van der Waals surface area contributed by atoms with E-state index in [0.717, 1.165) is 38.2 Å². The van der Waals surface area contributed by atoms with Gasteiger partial charge in [0, 0.05) is 26.7 Å². The molecule has 1 aromatic heterocycles. The Morgan fingerprint density at radius 2 is 2.00 bits per heavy atom. The maximum atomic E-state index is 13.3. The van der Waals surface area contributed by atoms with Crippen LogP contribution in [0.25, 0.3) is 0 Å². The first-order chi connectivity index (χ1) is 16.8. The molecule has 3 N–H and O–H groups in total. The van der Waals surface area contributed by atoms with E-state index < -0.39 is 22.4 Å². The molecule has 0 atom stereocenters. The fourth-order valence-electron chi connectivity index (χ4n) is 4.30. The van der Waals surface area contributed by atoms with Gasteiger partial charge >= 0.3 is 0 Å². The minimum absolute atomic E-state index is 0.315. The van der Waals surface area contributed by atoms with Crippen molar-refractivity contribution in [3.05, 3.63) is 59.8 Å². The summed E-state index contributed by atoms with van der Waals surface area (Å²) in [7, 11) is -1.75. The van der Waals surface area contributed by atoms with Crippen molar-refractivity contribution in [1.29, 1.82) is 0 Å². The molecule has 3 aliphatic heterocycles. The van der Waals surface area contributed by atoms with Crippen LogP contribution in [0.2, 0.25) is 0 Å². The lowest BCUT2D eigenvalue weighted by molar-refractivity contribution is 0.102. The number of nitrogens with zero attached hydrogens (tertiary/aromatic N) is 3.